The number of amides is 2. The summed E-state index contributed by atoms with van der Waals surface area (Å²) in [6, 6.07) is 19.4. The molecule has 2 amide bonds. The second-order valence-corrected chi connectivity index (χ2v) is 5.78. The van der Waals surface area contributed by atoms with E-state index in [-0.39, 0.29) is 11.7 Å². The number of carbonyl (C=O) groups excluding carboxylic acids is 2. The third-order valence-electron chi connectivity index (χ3n) is 3.91. The number of rotatable bonds is 4. The maximum absolute atomic E-state index is 13.0. The molecule has 0 aliphatic rings. The minimum absolute atomic E-state index is 0.287. The Hall–Kier alpha value is -3.47. The Kier molecular flexibility index (Phi) is 5.08. The molecule has 0 saturated heterocycles. The Labute approximate surface area is 150 Å². The lowest BCUT2D eigenvalue weighted by Crippen LogP contribution is -2.18. The van der Waals surface area contributed by atoms with Gasteiger partial charge in [-0.15, -0.1) is 0 Å². The summed E-state index contributed by atoms with van der Waals surface area (Å²) >= 11 is 0. The van der Waals surface area contributed by atoms with E-state index in [1.807, 2.05) is 19.1 Å². The molecule has 0 aromatic heterocycles. The fourth-order valence-electron chi connectivity index (χ4n) is 2.54. The van der Waals surface area contributed by atoms with E-state index in [2.05, 4.69) is 10.6 Å². The molecule has 3 rings (SSSR count). The molecule has 4 nitrogen and oxygen atoms in total. The number of nitrogens with one attached hydrogen (secondary N) is 2. The highest BCUT2D eigenvalue weighted by molar-refractivity contribution is 6.12. The molecule has 0 unspecified atom stereocenters. The van der Waals surface area contributed by atoms with Crippen molar-refractivity contribution < 1.29 is 14.0 Å². The van der Waals surface area contributed by atoms with Gasteiger partial charge in [-0.3, -0.25) is 9.59 Å². The third kappa shape index (κ3) is 3.95. The number of anilines is 2. The molecule has 3 aromatic carbocycles. The highest BCUT2D eigenvalue weighted by Gasteiger charge is 2.15. The quantitative estimate of drug-likeness (QED) is 0.722. The molecular formula is C21H17FN2O2. The molecule has 130 valence electrons. The fourth-order valence-corrected chi connectivity index (χ4v) is 2.54. The second-order valence-electron chi connectivity index (χ2n) is 5.78. The van der Waals surface area contributed by atoms with Gasteiger partial charge in [0.2, 0.25) is 0 Å². The van der Waals surface area contributed by atoms with Crippen molar-refractivity contribution in [1.82, 2.24) is 0 Å². The van der Waals surface area contributed by atoms with Crippen LogP contribution in [0.4, 0.5) is 15.8 Å². The number of carbonyl (C=O) groups is 2. The van der Waals surface area contributed by atoms with Crippen molar-refractivity contribution in [2.45, 2.75) is 6.92 Å². The van der Waals surface area contributed by atoms with Crippen molar-refractivity contribution >= 4 is 23.2 Å². The van der Waals surface area contributed by atoms with Gasteiger partial charge in [0.05, 0.1) is 11.3 Å². The first-order valence-electron chi connectivity index (χ1n) is 8.07. The molecule has 0 heterocycles. The van der Waals surface area contributed by atoms with Crippen molar-refractivity contribution in [3.63, 3.8) is 0 Å². The maximum atomic E-state index is 13.0. The Morgan fingerprint density at radius 3 is 2.00 bits per heavy atom. The molecular weight excluding hydrogens is 331 g/mol. The standard InChI is InChI=1S/C21H17FN2O2/c1-14-6-2-3-7-17(14)20(25)24-19-9-5-4-8-18(19)21(26)23-16-12-10-15(22)11-13-16/h2-13H,1H3,(H,23,26)(H,24,25). The zero-order chi connectivity index (χ0) is 18.5. The molecule has 0 aliphatic heterocycles. The first-order valence-corrected chi connectivity index (χ1v) is 8.07. The summed E-state index contributed by atoms with van der Waals surface area (Å²) < 4.78 is 13.0. The smallest absolute Gasteiger partial charge is 0.257 e. The number of hydrogen-bond donors (Lipinski definition) is 2. The topological polar surface area (TPSA) is 58.2 Å². The van der Waals surface area contributed by atoms with Crippen LogP contribution in [0.5, 0.6) is 0 Å². The molecule has 0 saturated carbocycles. The average molecular weight is 348 g/mol. The zero-order valence-corrected chi connectivity index (χ0v) is 14.1. The van der Waals surface area contributed by atoms with Gasteiger partial charge in [-0.25, -0.2) is 4.39 Å². The van der Waals surface area contributed by atoms with Crippen LogP contribution in [0.3, 0.4) is 0 Å². The van der Waals surface area contributed by atoms with Gasteiger partial charge < -0.3 is 10.6 Å². The molecule has 2 N–H and O–H groups in total. The number of benzene rings is 3. The highest BCUT2D eigenvalue weighted by atomic mass is 19.1. The number of aryl methyl sites for hydroxylation is 1. The van der Waals surface area contributed by atoms with Gasteiger partial charge in [-0.2, -0.15) is 0 Å². The van der Waals surface area contributed by atoms with Gasteiger partial charge in [0, 0.05) is 11.3 Å². The van der Waals surface area contributed by atoms with Gasteiger partial charge in [-0.05, 0) is 55.0 Å². The molecule has 0 radical (unpaired) electrons. The Morgan fingerprint density at radius 2 is 1.31 bits per heavy atom. The first kappa shape index (κ1) is 17.4. The normalized spacial score (nSPS) is 10.2. The summed E-state index contributed by atoms with van der Waals surface area (Å²) in [5, 5.41) is 5.48. The van der Waals surface area contributed by atoms with Crippen LogP contribution in [0.1, 0.15) is 26.3 Å². The van der Waals surface area contributed by atoms with Gasteiger partial charge in [0.1, 0.15) is 5.82 Å². The van der Waals surface area contributed by atoms with E-state index < -0.39 is 5.91 Å². The fraction of sp³-hybridized carbons (Fsp3) is 0.0476. The van der Waals surface area contributed by atoms with E-state index >= 15 is 0 Å². The van der Waals surface area contributed by atoms with Crippen LogP contribution in [0, 0.1) is 12.7 Å². The molecule has 0 spiro atoms. The minimum Gasteiger partial charge on any atom is -0.322 e. The summed E-state index contributed by atoms with van der Waals surface area (Å²) in [6.07, 6.45) is 0. The van der Waals surface area contributed by atoms with Crippen LogP contribution >= 0.6 is 0 Å². The Balaban J connectivity index is 1.81. The van der Waals surface area contributed by atoms with Crippen molar-refractivity contribution in [1.29, 1.82) is 0 Å². The van der Waals surface area contributed by atoms with E-state index in [0.717, 1.165) is 5.56 Å². The first-order chi connectivity index (χ1) is 12.5. The maximum Gasteiger partial charge on any atom is 0.257 e. The number of halogens is 1. The van der Waals surface area contributed by atoms with E-state index in [1.165, 1.54) is 24.3 Å². The summed E-state index contributed by atoms with van der Waals surface area (Å²) in [7, 11) is 0. The van der Waals surface area contributed by atoms with Gasteiger partial charge in [0.15, 0.2) is 0 Å². The van der Waals surface area contributed by atoms with E-state index in [4.69, 9.17) is 0 Å². The lowest BCUT2D eigenvalue weighted by atomic mass is 10.1. The Bertz CT molecular complexity index is 952. The molecule has 5 heteroatoms. The van der Waals surface area contributed by atoms with Gasteiger partial charge in [-0.1, -0.05) is 30.3 Å². The molecule has 0 bridgehead atoms. The second kappa shape index (κ2) is 7.61. The third-order valence-corrected chi connectivity index (χ3v) is 3.91. The highest BCUT2D eigenvalue weighted by Crippen LogP contribution is 2.19. The van der Waals surface area contributed by atoms with E-state index in [9.17, 15) is 14.0 Å². The predicted octanol–water partition coefficient (Wildman–Crippen LogP) is 4.64. The molecule has 3 aromatic rings. The van der Waals surface area contributed by atoms with Gasteiger partial charge >= 0.3 is 0 Å². The lowest BCUT2D eigenvalue weighted by molar-refractivity contribution is 0.102. The zero-order valence-electron chi connectivity index (χ0n) is 14.1. The number of para-hydroxylation sites is 1. The summed E-state index contributed by atoms with van der Waals surface area (Å²) in [6.45, 7) is 1.85. The van der Waals surface area contributed by atoms with Crippen molar-refractivity contribution in [2.75, 3.05) is 10.6 Å². The average Bonchev–Trinajstić information content (AvgIpc) is 2.64. The van der Waals surface area contributed by atoms with Crippen molar-refractivity contribution in [2.24, 2.45) is 0 Å². The lowest BCUT2D eigenvalue weighted by Gasteiger charge is -2.12. The SMILES string of the molecule is Cc1ccccc1C(=O)Nc1ccccc1C(=O)Nc1ccc(F)cc1. The number of hydrogen-bond acceptors (Lipinski definition) is 2. The monoisotopic (exact) mass is 348 g/mol. The summed E-state index contributed by atoms with van der Waals surface area (Å²) in [5.74, 6) is -1.06. The minimum atomic E-state index is -0.391. The molecule has 0 atom stereocenters. The Morgan fingerprint density at radius 1 is 0.731 bits per heavy atom. The molecule has 26 heavy (non-hydrogen) atoms. The van der Waals surface area contributed by atoms with Crippen LogP contribution in [0.25, 0.3) is 0 Å². The van der Waals surface area contributed by atoms with Crippen LogP contribution in [-0.2, 0) is 0 Å². The predicted molar refractivity (Wildman–Crippen MR) is 99.9 cm³/mol. The summed E-state index contributed by atoms with van der Waals surface area (Å²) in [4.78, 5) is 25.1. The van der Waals surface area contributed by atoms with Crippen LogP contribution in [0.2, 0.25) is 0 Å². The van der Waals surface area contributed by atoms with Crippen molar-refractivity contribution in [3.05, 3.63) is 95.3 Å². The molecule has 0 fully saturated rings. The van der Waals surface area contributed by atoms with E-state index in [0.29, 0.717) is 22.5 Å². The van der Waals surface area contributed by atoms with E-state index in [1.54, 1.807) is 36.4 Å². The van der Waals surface area contributed by atoms with Crippen LogP contribution in [0.15, 0.2) is 72.8 Å². The van der Waals surface area contributed by atoms with Crippen molar-refractivity contribution in [3.8, 4) is 0 Å². The van der Waals surface area contributed by atoms with Crippen LogP contribution in [-0.4, -0.2) is 11.8 Å². The van der Waals surface area contributed by atoms with Crippen LogP contribution < -0.4 is 10.6 Å². The summed E-state index contributed by atoms with van der Waals surface area (Å²) in [5.41, 5.74) is 2.58. The molecule has 0 aliphatic carbocycles. The van der Waals surface area contributed by atoms with Gasteiger partial charge in [0.25, 0.3) is 11.8 Å². The largest absolute Gasteiger partial charge is 0.322 e.